The van der Waals surface area contributed by atoms with Gasteiger partial charge in [0.1, 0.15) is 11.6 Å². The second kappa shape index (κ2) is 12.9. The van der Waals surface area contributed by atoms with E-state index in [1.54, 1.807) is 43.4 Å². The van der Waals surface area contributed by atoms with Gasteiger partial charge in [0.05, 0.1) is 32.0 Å². The highest BCUT2D eigenvalue weighted by molar-refractivity contribution is 5.96. The molecule has 222 valence electrons. The fraction of sp³-hybridized carbons (Fsp3) is 0.394. The number of aryl methyl sites for hydroxylation is 1. The summed E-state index contributed by atoms with van der Waals surface area (Å²) in [6.45, 7) is 4.06. The molecule has 0 saturated carbocycles. The van der Waals surface area contributed by atoms with Crippen LogP contribution in [0, 0.1) is 18.6 Å². The van der Waals surface area contributed by atoms with Crippen LogP contribution < -0.4 is 9.47 Å². The summed E-state index contributed by atoms with van der Waals surface area (Å²) in [5, 5.41) is 0. The van der Waals surface area contributed by atoms with Crippen LogP contribution in [0.1, 0.15) is 52.0 Å². The lowest BCUT2D eigenvalue weighted by atomic mass is 10.0. The molecule has 3 aromatic rings. The molecule has 42 heavy (non-hydrogen) atoms. The smallest absolute Gasteiger partial charge is 0.256 e. The minimum absolute atomic E-state index is 0.0140. The van der Waals surface area contributed by atoms with Gasteiger partial charge in [0.15, 0.2) is 11.5 Å². The molecule has 7 nitrogen and oxygen atoms in total. The maximum absolute atomic E-state index is 14.9. The van der Waals surface area contributed by atoms with E-state index in [2.05, 4.69) is 0 Å². The van der Waals surface area contributed by atoms with E-state index >= 15 is 0 Å². The predicted molar refractivity (Wildman–Crippen MR) is 155 cm³/mol. The maximum atomic E-state index is 14.9. The first-order chi connectivity index (χ1) is 20.3. The van der Waals surface area contributed by atoms with E-state index in [4.69, 9.17) is 14.2 Å². The van der Waals surface area contributed by atoms with Gasteiger partial charge in [-0.1, -0.05) is 18.2 Å². The van der Waals surface area contributed by atoms with Crippen LogP contribution in [-0.2, 0) is 4.74 Å². The summed E-state index contributed by atoms with van der Waals surface area (Å²) < 4.78 is 45.2. The summed E-state index contributed by atoms with van der Waals surface area (Å²) in [5.41, 5.74) is 2.73. The highest BCUT2D eigenvalue weighted by Gasteiger charge is 2.30. The summed E-state index contributed by atoms with van der Waals surface area (Å²) in [4.78, 5) is 29.8. The van der Waals surface area contributed by atoms with E-state index < -0.39 is 5.82 Å². The monoisotopic (exact) mass is 578 g/mol. The number of halogens is 2. The number of hydrogen-bond donors (Lipinski definition) is 0. The van der Waals surface area contributed by atoms with Crippen LogP contribution in [0.5, 0.6) is 11.5 Å². The lowest BCUT2D eigenvalue weighted by Gasteiger charge is -2.37. The molecule has 0 spiro atoms. The SMILES string of the molecule is COc1cc(C)c(C(=O)N2CCC(OC3CCN(C(=O)c4ccc(-c5ccc(F)cc5)cc4F)CC3)CC2)cc1OC. The Hall–Kier alpha value is -3.98. The maximum Gasteiger partial charge on any atom is 0.256 e. The zero-order valence-electron chi connectivity index (χ0n) is 24.2. The van der Waals surface area contributed by atoms with Crippen LogP contribution in [0.15, 0.2) is 54.6 Å². The van der Waals surface area contributed by atoms with Crippen LogP contribution in [0.25, 0.3) is 11.1 Å². The van der Waals surface area contributed by atoms with Gasteiger partial charge in [-0.05, 0) is 85.7 Å². The summed E-state index contributed by atoms with van der Waals surface area (Å²) in [7, 11) is 3.12. The first-order valence-electron chi connectivity index (χ1n) is 14.3. The fourth-order valence-electron chi connectivity index (χ4n) is 5.72. The molecule has 0 aromatic heterocycles. The summed E-state index contributed by atoms with van der Waals surface area (Å²) in [5.74, 6) is -0.203. The van der Waals surface area contributed by atoms with E-state index in [0.717, 1.165) is 18.4 Å². The lowest BCUT2D eigenvalue weighted by Crippen LogP contribution is -2.45. The fourth-order valence-corrected chi connectivity index (χ4v) is 5.72. The normalized spacial score (nSPS) is 16.4. The molecule has 3 aromatic carbocycles. The molecule has 2 aliphatic rings. The quantitative estimate of drug-likeness (QED) is 0.350. The number of piperidine rings is 2. The van der Waals surface area contributed by atoms with Crippen molar-refractivity contribution in [1.82, 2.24) is 9.80 Å². The zero-order chi connectivity index (χ0) is 29.8. The molecule has 2 aliphatic heterocycles. The summed E-state index contributed by atoms with van der Waals surface area (Å²) >= 11 is 0. The molecule has 2 amide bonds. The van der Waals surface area contributed by atoms with Gasteiger partial charge in [0.25, 0.3) is 11.8 Å². The van der Waals surface area contributed by atoms with Gasteiger partial charge in [-0.3, -0.25) is 9.59 Å². The third-order valence-corrected chi connectivity index (χ3v) is 8.18. The number of carbonyl (C=O) groups is 2. The number of likely N-dealkylation sites (tertiary alicyclic amines) is 2. The Balaban J connectivity index is 1.10. The molecule has 0 radical (unpaired) electrons. The molecule has 0 atom stereocenters. The standard InChI is InChI=1S/C33H36F2N2O5/c1-21-18-30(40-2)31(41-3)20-28(21)33(39)37-16-12-26(13-17-37)42-25-10-14-36(15-11-25)32(38)27-9-6-23(19-29(27)35)22-4-7-24(34)8-5-22/h4-9,18-20,25-26H,10-17H2,1-3H3. The lowest BCUT2D eigenvalue weighted by molar-refractivity contribution is -0.0593. The van der Waals surface area contributed by atoms with Crippen molar-refractivity contribution in [2.45, 2.75) is 44.8 Å². The predicted octanol–water partition coefficient (Wildman–Crippen LogP) is 5.88. The van der Waals surface area contributed by atoms with Crippen LogP contribution >= 0.6 is 0 Å². The van der Waals surface area contributed by atoms with Crippen molar-refractivity contribution in [1.29, 1.82) is 0 Å². The number of amides is 2. The van der Waals surface area contributed by atoms with Crippen molar-refractivity contribution >= 4 is 11.8 Å². The summed E-state index contributed by atoms with van der Waals surface area (Å²) in [6, 6.07) is 13.9. The third kappa shape index (κ3) is 6.41. The molecular weight excluding hydrogens is 542 g/mol. The number of carbonyl (C=O) groups excluding carboxylic acids is 2. The molecule has 9 heteroatoms. The number of methoxy groups -OCH3 is 2. The third-order valence-electron chi connectivity index (χ3n) is 8.18. The Morgan fingerprint density at radius 3 is 1.71 bits per heavy atom. The van der Waals surface area contributed by atoms with Gasteiger partial charge in [0.2, 0.25) is 0 Å². The molecule has 0 bridgehead atoms. The molecule has 2 heterocycles. The molecule has 0 N–H and O–H groups in total. The van der Waals surface area contributed by atoms with Crippen molar-refractivity contribution in [2.24, 2.45) is 0 Å². The molecular formula is C33H36F2N2O5. The largest absolute Gasteiger partial charge is 0.493 e. The number of rotatable bonds is 7. The Bertz CT molecular complexity index is 1430. The number of benzene rings is 3. The average Bonchev–Trinajstić information content (AvgIpc) is 3.01. The van der Waals surface area contributed by atoms with Crippen LogP contribution in [0.3, 0.4) is 0 Å². The molecule has 2 saturated heterocycles. The second-order valence-corrected chi connectivity index (χ2v) is 10.8. The minimum atomic E-state index is -0.593. The number of ether oxygens (including phenoxy) is 3. The second-order valence-electron chi connectivity index (χ2n) is 10.8. The minimum Gasteiger partial charge on any atom is -0.493 e. The van der Waals surface area contributed by atoms with Crippen molar-refractivity contribution in [2.75, 3.05) is 40.4 Å². The number of nitrogens with zero attached hydrogens (tertiary/aromatic N) is 2. The Kier molecular flexibility index (Phi) is 9.06. The average molecular weight is 579 g/mol. The first-order valence-corrected chi connectivity index (χ1v) is 14.3. The Labute approximate surface area is 245 Å². The zero-order valence-corrected chi connectivity index (χ0v) is 24.2. The van der Waals surface area contributed by atoms with E-state index in [-0.39, 0.29) is 35.4 Å². The van der Waals surface area contributed by atoms with Crippen molar-refractivity contribution < 1.29 is 32.6 Å². The van der Waals surface area contributed by atoms with Gasteiger partial charge < -0.3 is 24.0 Å². The van der Waals surface area contributed by atoms with Crippen LogP contribution in [0.2, 0.25) is 0 Å². The molecule has 2 fully saturated rings. The van der Waals surface area contributed by atoms with E-state index in [1.807, 2.05) is 17.9 Å². The van der Waals surface area contributed by atoms with Crippen LogP contribution in [-0.4, -0.2) is 74.2 Å². The van der Waals surface area contributed by atoms with E-state index in [9.17, 15) is 18.4 Å². The highest BCUT2D eigenvalue weighted by Crippen LogP contribution is 2.32. The van der Waals surface area contributed by atoms with Gasteiger partial charge in [-0.15, -0.1) is 0 Å². The van der Waals surface area contributed by atoms with E-state index in [0.29, 0.717) is 67.2 Å². The van der Waals surface area contributed by atoms with E-state index in [1.165, 1.54) is 24.3 Å². The Morgan fingerprint density at radius 2 is 1.19 bits per heavy atom. The Morgan fingerprint density at radius 1 is 0.690 bits per heavy atom. The van der Waals surface area contributed by atoms with Crippen molar-refractivity contribution in [3.05, 3.63) is 82.9 Å². The molecule has 0 aliphatic carbocycles. The molecule has 0 unspecified atom stereocenters. The van der Waals surface area contributed by atoms with Crippen molar-refractivity contribution in [3.63, 3.8) is 0 Å². The first kappa shape index (κ1) is 29.5. The highest BCUT2D eigenvalue weighted by atomic mass is 19.1. The van der Waals surface area contributed by atoms with Gasteiger partial charge in [0, 0.05) is 31.7 Å². The van der Waals surface area contributed by atoms with Crippen LogP contribution in [0.4, 0.5) is 8.78 Å². The topological polar surface area (TPSA) is 68.3 Å². The van der Waals surface area contributed by atoms with Gasteiger partial charge in [-0.25, -0.2) is 8.78 Å². The summed E-state index contributed by atoms with van der Waals surface area (Å²) in [6.07, 6.45) is 2.88. The van der Waals surface area contributed by atoms with Gasteiger partial charge >= 0.3 is 0 Å². The molecule has 5 rings (SSSR count). The van der Waals surface area contributed by atoms with Gasteiger partial charge in [-0.2, -0.15) is 0 Å². The van der Waals surface area contributed by atoms with Crippen molar-refractivity contribution in [3.8, 4) is 22.6 Å². The number of hydrogen-bond acceptors (Lipinski definition) is 5.